The van der Waals surface area contributed by atoms with Crippen LogP contribution in [0, 0.1) is 0 Å². The van der Waals surface area contributed by atoms with Crippen molar-refractivity contribution in [3.8, 4) is 0 Å². The summed E-state index contributed by atoms with van der Waals surface area (Å²) >= 11 is 0. The Morgan fingerprint density at radius 2 is 1.17 bits per heavy atom. The van der Waals surface area contributed by atoms with E-state index >= 15 is 0 Å². The number of rotatable bonds is 0. The maximum Gasteiger partial charge on any atom is 0.366 e. The summed E-state index contributed by atoms with van der Waals surface area (Å²) in [7, 11) is 0. The molecule has 0 spiro atoms. The molecule has 6 heteroatoms. The Morgan fingerprint density at radius 3 is 1.83 bits per heavy atom. The molecule has 0 bridgehead atoms. The lowest BCUT2D eigenvalue weighted by Crippen LogP contribution is -2.40. The van der Waals surface area contributed by atoms with E-state index in [4.69, 9.17) is 9.47 Å². The lowest BCUT2D eigenvalue weighted by atomic mass is 10.0. The van der Waals surface area contributed by atoms with Gasteiger partial charge in [0.05, 0.1) is 13.2 Å². The topological polar surface area (TPSA) is 93.1 Å². The van der Waals surface area contributed by atoms with Crippen LogP contribution in [0.5, 0.6) is 0 Å². The Bertz CT molecular complexity index is 367. The van der Waals surface area contributed by atoms with Gasteiger partial charge in [0.25, 0.3) is 5.79 Å². The van der Waals surface area contributed by atoms with Gasteiger partial charge in [-0.25, -0.2) is 4.79 Å². The van der Waals surface area contributed by atoms with Gasteiger partial charge in [-0.3, -0.25) is 4.79 Å². The Kier molecular flexibility index (Phi) is 10.7. The smallest absolute Gasteiger partial charge is 0.366 e. The molecule has 1 heterocycles. The third-order valence-electron chi connectivity index (χ3n) is 4.27. The Hall–Kier alpha value is -1.14. The molecule has 140 valence electrons. The Labute approximate surface area is 144 Å². The average molecular weight is 344 g/mol. The molecule has 2 N–H and O–H groups in total. The molecule has 1 aliphatic rings. The van der Waals surface area contributed by atoms with E-state index in [1.807, 2.05) is 0 Å². The predicted molar refractivity (Wildman–Crippen MR) is 89.1 cm³/mol. The van der Waals surface area contributed by atoms with Gasteiger partial charge in [0, 0.05) is 12.8 Å². The number of esters is 2. The molecule has 0 aliphatic carbocycles. The van der Waals surface area contributed by atoms with Crippen molar-refractivity contribution in [1.29, 1.82) is 0 Å². The standard InChI is InChI=1S/C18H32O6/c19-16-12-8-4-2-1-3-5-9-13-18(21,22)17(20)24-15-11-7-6-10-14-23-16/h21-22H,1-15H2. The largest absolute Gasteiger partial charge is 0.466 e. The number of ether oxygens (including phenoxy) is 2. The number of carbonyl (C=O) groups excluding carboxylic acids is 2. The summed E-state index contributed by atoms with van der Waals surface area (Å²) in [5, 5.41) is 19.5. The van der Waals surface area contributed by atoms with E-state index in [0.29, 0.717) is 25.9 Å². The maximum absolute atomic E-state index is 11.7. The quantitative estimate of drug-likeness (QED) is 0.518. The molecular formula is C18H32O6. The molecule has 0 saturated carbocycles. The molecule has 0 radical (unpaired) electrons. The Balaban J connectivity index is 2.34. The molecule has 0 atom stereocenters. The van der Waals surface area contributed by atoms with Gasteiger partial charge in [-0.2, -0.15) is 0 Å². The molecular weight excluding hydrogens is 312 g/mol. The fourth-order valence-electron chi connectivity index (χ4n) is 2.72. The molecule has 1 fully saturated rings. The third kappa shape index (κ3) is 9.88. The first kappa shape index (κ1) is 20.9. The van der Waals surface area contributed by atoms with Gasteiger partial charge in [-0.05, 0) is 38.5 Å². The van der Waals surface area contributed by atoms with Gasteiger partial charge in [0.15, 0.2) is 0 Å². The molecule has 0 aromatic rings. The summed E-state index contributed by atoms with van der Waals surface area (Å²) in [5.41, 5.74) is 0. The molecule has 6 nitrogen and oxygen atoms in total. The highest BCUT2D eigenvalue weighted by Crippen LogP contribution is 2.16. The predicted octanol–water partition coefficient (Wildman–Crippen LogP) is 2.84. The van der Waals surface area contributed by atoms with Crippen LogP contribution in [0.4, 0.5) is 0 Å². The van der Waals surface area contributed by atoms with Gasteiger partial charge in [0.2, 0.25) is 0 Å². The highest BCUT2D eigenvalue weighted by molar-refractivity contribution is 5.77. The highest BCUT2D eigenvalue weighted by atomic mass is 16.6. The van der Waals surface area contributed by atoms with E-state index in [0.717, 1.165) is 57.8 Å². The Morgan fingerprint density at radius 1 is 0.667 bits per heavy atom. The van der Waals surface area contributed by atoms with Crippen molar-refractivity contribution < 1.29 is 29.3 Å². The molecule has 1 saturated heterocycles. The third-order valence-corrected chi connectivity index (χ3v) is 4.27. The van der Waals surface area contributed by atoms with Crippen molar-refractivity contribution in [2.24, 2.45) is 0 Å². The van der Waals surface area contributed by atoms with Gasteiger partial charge in [-0.1, -0.05) is 32.1 Å². The highest BCUT2D eigenvalue weighted by Gasteiger charge is 2.34. The number of carbonyl (C=O) groups is 2. The zero-order chi connectivity index (χ0) is 17.7. The minimum absolute atomic E-state index is 0.0116. The molecule has 1 rings (SSSR count). The molecule has 0 aromatic heterocycles. The van der Waals surface area contributed by atoms with E-state index < -0.39 is 11.8 Å². The van der Waals surface area contributed by atoms with Gasteiger partial charge in [0.1, 0.15) is 0 Å². The van der Waals surface area contributed by atoms with E-state index in [2.05, 4.69) is 0 Å². The van der Waals surface area contributed by atoms with E-state index in [1.54, 1.807) is 0 Å². The number of hydrogen-bond acceptors (Lipinski definition) is 6. The summed E-state index contributed by atoms with van der Waals surface area (Å²) in [6, 6.07) is 0. The minimum Gasteiger partial charge on any atom is -0.466 e. The normalized spacial score (nSPS) is 23.8. The second kappa shape index (κ2) is 12.3. The van der Waals surface area contributed by atoms with Crippen LogP contribution in [0.3, 0.4) is 0 Å². The zero-order valence-corrected chi connectivity index (χ0v) is 14.6. The number of cyclic esters (lactones) is 2. The monoisotopic (exact) mass is 344 g/mol. The first-order chi connectivity index (χ1) is 11.5. The molecule has 0 aromatic carbocycles. The van der Waals surface area contributed by atoms with Gasteiger partial charge in [-0.15, -0.1) is 0 Å². The van der Waals surface area contributed by atoms with Crippen LogP contribution < -0.4 is 0 Å². The zero-order valence-electron chi connectivity index (χ0n) is 14.6. The summed E-state index contributed by atoms with van der Waals surface area (Å²) in [5.74, 6) is -3.43. The molecule has 24 heavy (non-hydrogen) atoms. The van der Waals surface area contributed by atoms with Crippen molar-refractivity contribution >= 4 is 11.9 Å². The van der Waals surface area contributed by atoms with Crippen LogP contribution in [0.2, 0.25) is 0 Å². The van der Waals surface area contributed by atoms with Crippen LogP contribution in [-0.4, -0.2) is 41.2 Å². The van der Waals surface area contributed by atoms with Crippen LogP contribution in [-0.2, 0) is 19.1 Å². The van der Waals surface area contributed by atoms with E-state index in [1.165, 1.54) is 0 Å². The second-order valence-electron chi connectivity index (χ2n) is 6.56. The van der Waals surface area contributed by atoms with Crippen molar-refractivity contribution in [3.05, 3.63) is 0 Å². The van der Waals surface area contributed by atoms with Crippen molar-refractivity contribution in [3.63, 3.8) is 0 Å². The number of hydrogen-bond donors (Lipinski definition) is 2. The average Bonchev–Trinajstić information content (AvgIpc) is 2.54. The van der Waals surface area contributed by atoms with E-state index in [9.17, 15) is 19.8 Å². The molecule has 1 aliphatic heterocycles. The van der Waals surface area contributed by atoms with Crippen LogP contribution in [0.15, 0.2) is 0 Å². The summed E-state index contributed by atoms with van der Waals surface area (Å²) in [6.45, 7) is 0.622. The number of aliphatic hydroxyl groups is 2. The van der Waals surface area contributed by atoms with Crippen molar-refractivity contribution in [2.45, 2.75) is 89.3 Å². The van der Waals surface area contributed by atoms with Crippen LogP contribution in [0.25, 0.3) is 0 Å². The minimum atomic E-state index is -2.37. The fourth-order valence-corrected chi connectivity index (χ4v) is 2.72. The van der Waals surface area contributed by atoms with Crippen molar-refractivity contribution in [1.82, 2.24) is 0 Å². The van der Waals surface area contributed by atoms with Gasteiger partial charge < -0.3 is 19.7 Å². The fraction of sp³-hybridized carbons (Fsp3) is 0.889. The second-order valence-corrected chi connectivity index (χ2v) is 6.56. The SMILES string of the molecule is O=C1CCCCCCCCCC(O)(O)C(=O)OCCCCCCO1. The summed E-state index contributed by atoms with van der Waals surface area (Å²) in [4.78, 5) is 23.2. The first-order valence-electron chi connectivity index (χ1n) is 9.30. The van der Waals surface area contributed by atoms with E-state index in [-0.39, 0.29) is 19.0 Å². The summed E-state index contributed by atoms with van der Waals surface area (Å²) in [6.07, 6.45) is 10.1. The summed E-state index contributed by atoms with van der Waals surface area (Å²) < 4.78 is 10.1. The molecule has 0 amide bonds. The lowest BCUT2D eigenvalue weighted by Gasteiger charge is -2.19. The molecule has 0 unspecified atom stereocenters. The maximum atomic E-state index is 11.7. The van der Waals surface area contributed by atoms with Crippen LogP contribution >= 0.6 is 0 Å². The van der Waals surface area contributed by atoms with Crippen LogP contribution in [0.1, 0.15) is 83.5 Å². The van der Waals surface area contributed by atoms with Gasteiger partial charge >= 0.3 is 11.9 Å². The first-order valence-corrected chi connectivity index (χ1v) is 9.30. The van der Waals surface area contributed by atoms with Crippen molar-refractivity contribution in [2.75, 3.05) is 13.2 Å². The lowest BCUT2D eigenvalue weighted by molar-refractivity contribution is -0.212.